The molecule has 528 valence electrons. The number of aliphatic hydroxyl groups is 1. The summed E-state index contributed by atoms with van der Waals surface area (Å²) in [6.07, 6.45) is 42.0. The van der Waals surface area contributed by atoms with Crippen molar-refractivity contribution in [2.24, 2.45) is 23.7 Å². The van der Waals surface area contributed by atoms with Gasteiger partial charge in [0.2, 0.25) is 0 Å². The zero-order valence-corrected chi connectivity index (χ0v) is 59.8. The summed E-state index contributed by atoms with van der Waals surface area (Å²) in [6, 6.07) is 0. The number of carbonyl (C=O) groups is 4. The van der Waals surface area contributed by atoms with Crippen LogP contribution in [0.2, 0.25) is 0 Å². The summed E-state index contributed by atoms with van der Waals surface area (Å²) in [7, 11) is -9.90. The van der Waals surface area contributed by atoms with Crippen molar-refractivity contribution >= 4 is 39.5 Å². The molecule has 3 N–H and O–H groups in total. The molecule has 0 amide bonds. The third kappa shape index (κ3) is 64.6. The van der Waals surface area contributed by atoms with Crippen LogP contribution in [0.5, 0.6) is 0 Å². The summed E-state index contributed by atoms with van der Waals surface area (Å²) in [4.78, 5) is 72.4. The van der Waals surface area contributed by atoms with Gasteiger partial charge in [0.1, 0.15) is 19.3 Å². The van der Waals surface area contributed by atoms with Crippen LogP contribution in [0, 0.1) is 23.7 Å². The molecule has 5 atom stereocenters. The Balaban J connectivity index is 5.19. The molecule has 0 heterocycles. The number of phosphoric acid groups is 2. The molecule has 0 aromatic rings. The van der Waals surface area contributed by atoms with E-state index in [0.717, 1.165) is 108 Å². The number of aliphatic hydroxyl groups excluding tert-OH is 1. The molecule has 0 aliphatic rings. The van der Waals surface area contributed by atoms with Gasteiger partial charge in [-0.3, -0.25) is 37.3 Å². The highest BCUT2D eigenvalue weighted by Gasteiger charge is 2.30. The van der Waals surface area contributed by atoms with Crippen LogP contribution in [-0.2, 0) is 65.4 Å². The molecule has 89 heavy (non-hydrogen) atoms. The first kappa shape index (κ1) is 87.1. The smallest absolute Gasteiger partial charge is 0.462 e. The van der Waals surface area contributed by atoms with Crippen molar-refractivity contribution in [3.63, 3.8) is 0 Å². The summed E-state index contributed by atoms with van der Waals surface area (Å²) >= 11 is 0. The van der Waals surface area contributed by atoms with E-state index >= 15 is 0 Å². The van der Waals surface area contributed by atoms with Gasteiger partial charge in [-0.05, 0) is 49.4 Å². The standard InChI is InChI=1S/C70H136O17P2/c1-60(2)46-38-30-22-18-14-11-9-10-12-16-21-25-36-44-52-69(74)86-65(57-81-68(73)51-43-35-28-26-32-40-48-62(5)6)58-84-88(76,77)82-54-64(71)55-83-89(78,79)85-59-66(87-70(75)53-45-37-29-27-33-41-49-63(7)8)56-80-67(72)50-42-34-24-20-17-13-15-19-23-31-39-47-61(3)4/h60-66,71H,9-59H2,1-8H3,(H,76,77)(H,78,79)/t64-,65+,66+/m0/s1. The fourth-order valence-corrected chi connectivity index (χ4v) is 12.1. The second-order valence-corrected chi connectivity index (χ2v) is 30.1. The van der Waals surface area contributed by atoms with Crippen molar-refractivity contribution < 1.29 is 80.2 Å². The van der Waals surface area contributed by atoms with Crippen LogP contribution in [0.25, 0.3) is 0 Å². The Morgan fingerprint density at radius 3 is 0.697 bits per heavy atom. The molecule has 0 saturated heterocycles. The van der Waals surface area contributed by atoms with Gasteiger partial charge in [0.15, 0.2) is 12.2 Å². The van der Waals surface area contributed by atoms with E-state index in [1.807, 2.05) is 0 Å². The summed E-state index contributed by atoms with van der Waals surface area (Å²) < 4.78 is 68.2. The van der Waals surface area contributed by atoms with Crippen LogP contribution in [-0.4, -0.2) is 96.7 Å². The van der Waals surface area contributed by atoms with E-state index in [9.17, 15) is 43.2 Å². The maximum atomic E-state index is 13.0. The van der Waals surface area contributed by atoms with Gasteiger partial charge in [0, 0.05) is 25.7 Å². The van der Waals surface area contributed by atoms with Gasteiger partial charge in [-0.25, -0.2) is 9.13 Å². The van der Waals surface area contributed by atoms with Gasteiger partial charge in [0.25, 0.3) is 0 Å². The zero-order valence-electron chi connectivity index (χ0n) is 58.1. The van der Waals surface area contributed by atoms with Gasteiger partial charge in [-0.2, -0.15) is 0 Å². The maximum absolute atomic E-state index is 13.0. The van der Waals surface area contributed by atoms with Gasteiger partial charge in [-0.15, -0.1) is 0 Å². The SMILES string of the molecule is CC(C)CCCCCCCCCCCCCCCCC(=O)O[C@H](COC(=O)CCCCCCCCC(C)C)COP(=O)(O)OC[C@H](O)COP(=O)(O)OC[C@@H](COC(=O)CCCCCCCCCCCCCC(C)C)OC(=O)CCCCCCCCC(C)C. The van der Waals surface area contributed by atoms with E-state index in [2.05, 4.69) is 55.4 Å². The first-order valence-electron chi connectivity index (χ1n) is 36.2. The topological polar surface area (TPSA) is 237 Å². The highest BCUT2D eigenvalue weighted by atomic mass is 31.2. The molecule has 0 bridgehead atoms. The lowest BCUT2D eigenvalue weighted by Gasteiger charge is -2.21. The predicted molar refractivity (Wildman–Crippen MR) is 358 cm³/mol. The Morgan fingerprint density at radius 2 is 0.472 bits per heavy atom. The molecule has 0 aromatic heterocycles. The fraction of sp³-hybridized carbons (Fsp3) is 0.943. The Labute approximate surface area is 543 Å². The van der Waals surface area contributed by atoms with E-state index in [-0.39, 0.29) is 25.7 Å². The van der Waals surface area contributed by atoms with Gasteiger partial charge >= 0.3 is 39.5 Å². The van der Waals surface area contributed by atoms with E-state index < -0.39 is 97.5 Å². The molecular weight excluding hydrogens is 1170 g/mol. The monoisotopic (exact) mass is 1310 g/mol. The zero-order chi connectivity index (χ0) is 66.1. The normalized spacial score (nSPS) is 14.3. The highest BCUT2D eigenvalue weighted by molar-refractivity contribution is 7.47. The first-order chi connectivity index (χ1) is 42.6. The number of phosphoric ester groups is 2. The van der Waals surface area contributed by atoms with E-state index in [4.69, 9.17) is 37.0 Å². The summed E-state index contributed by atoms with van der Waals surface area (Å²) in [5.74, 6) is 0.780. The molecule has 0 radical (unpaired) electrons. The summed E-state index contributed by atoms with van der Waals surface area (Å²) in [6.45, 7) is 14.0. The van der Waals surface area contributed by atoms with Crippen LogP contribution in [0.15, 0.2) is 0 Å². The third-order valence-electron chi connectivity index (χ3n) is 16.1. The second-order valence-electron chi connectivity index (χ2n) is 27.2. The summed E-state index contributed by atoms with van der Waals surface area (Å²) in [5.41, 5.74) is 0. The quantitative estimate of drug-likeness (QED) is 0.0222. The van der Waals surface area contributed by atoms with Crippen molar-refractivity contribution in [1.29, 1.82) is 0 Å². The summed E-state index contributed by atoms with van der Waals surface area (Å²) in [5, 5.41) is 10.6. The van der Waals surface area contributed by atoms with Crippen molar-refractivity contribution in [2.75, 3.05) is 39.6 Å². The molecule has 0 fully saturated rings. The van der Waals surface area contributed by atoms with Crippen LogP contribution in [0.4, 0.5) is 0 Å². The molecule has 2 unspecified atom stereocenters. The lowest BCUT2D eigenvalue weighted by Crippen LogP contribution is -2.30. The number of rotatable bonds is 67. The van der Waals surface area contributed by atoms with Crippen molar-refractivity contribution in [3.05, 3.63) is 0 Å². The van der Waals surface area contributed by atoms with Crippen LogP contribution < -0.4 is 0 Å². The molecule has 0 saturated carbocycles. The van der Waals surface area contributed by atoms with Gasteiger partial charge < -0.3 is 33.8 Å². The number of ether oxygens (including phenoxy) is 4. The Bertz CT molecular complexity index is 1760. The minimum absolute atomic E-state index is 0.101. The lowest BCUT2D eigenvalue weighted by atomic mass is 10.0. The van der Waals surface area contributed by atoms with Gasteiger partial charge in [0.05, 0.1) is 26.4 Å². The number of hydrogen-bond donors (Lipinski definition) is 3. The molecule has 0 aliphatic heterocycles. The minimum Gasteiger partial charge on any atom is -0.462 e. The lowest BCUT2D eigenvalue weighted by molar-refractivity contribution is -0.161. The third-order valence-corrected chi connectivity index (χ3v) is 18.0. The first-order valence-corrected chi connectivity index (χ1v) is 39.2. The molecule has 19 heteroatoms. The van der Waals surface area contributed by atoms with Crippen molar-refractivity contribution in [2.45, 2.75) is 363 Å². The number of hydrogen-bond acceptors (Lipinski definition) is 15. The van der Waals surface area contributed by atoms with Crippen LogP contribution in [0.1, 0.15) is 344 Å². The Hall–Kier alpha value is -1.94. The number of esters is 4. The average Bonchev–Trinajstić information content (AvgIpc) is 3.57. The van der Waals surface area contributed by atoms with Crippen molar-refractivity contribution in [3.8, 4) is 0 Å². The maximum Gasteiger partial charge on any atom is 0.472 e. The Morgan fingerprint density at radius 1 is 0.281 bits per heavy atom. The van der Waals surface area contributed by atoms with Crippen LogP contribution in [0.3, 0.4) is 0 Å². The fourth-order valence-electron chi connectivity index (χ4n) is 10.5. The molecule has 0 rings (SSSR count). The van der Waals surface area contributed by atoms with E-state index in [1.165, 1.54) is 141 Å². The molecule has 0 aliphatic carbocycles. The molecule has 17 nitrogen and oxygen atoms in total. The number of unbranched alkanes of at least 4 members (excludes halogenated alkanes) is 33. The highest BCUT2D eigenvalue weighted by Crippen LogP contribution is 2.45. The predicted octanol–water partition coefficient (Wildman–Crippen LogP) is 19.7. The van der Waals surface area contributed by atoms with Crippen molar-refractivity contribution in [1.82, 2.24) is 0 Å². The average molecular weight is 1310 g/mol. The Kier molecular flexibility index (Phi) is 58.5. The second kappa shape index (κ2) is 59.8. The largest absolute Gasteiger partial charge is 0.472 e. The van der Waals surface area contributed by atoms with E-state index in [0.29, 0.717) is 37.5 Å². The van der Waals surface area contributed by atoms with E-state index in [1.54, 1.807) is 0 Å². The molecular formula is C70H136O17P2. The van der Waals surface area contributed by atoms with Gasteiger partial charge in [-0.1, -0.05) is 293 Å². The molecule has 0 aromatic carbocycles. The van der Waals surface area contributed by atoms with Crippen LogP contribution >= 0.6 is 15.6 Å². The number of carbonyl (C=O) groups excluding carboxylic acids is 4. The molecule has 0 spiro atoms. The minimum atomic E-state index is -4.95.